The fourth-order valence-electron chi connectivity index (χ4n) is 12.6. The molecule has 0 aromatic carbocycles. The summed E-state index contributed by atoms with van der Waals surface area (Å²) in [5.74, 6) is -1.30. The largest absolute Gasteiger partial charge is 0.472 e. The summed E-state index contributed by atoms with van der Waals surface area (Å²) >= 11 is 0. The molecule has 0 aliphatic heterocycles. The van der Waals surface area contributed by atoms with Gasteiger partial charge in [-0.25, -0.2) is 9.13 Å². The van der Waals surface area contributed by atoms with Crippen LogP contribution in [0.4, 0.5) is 0 Å². The number of phosphoric ester groups is 2. The van der Waals surface area contributed by atoms with Crippen LogP contribution in [0.3, 0.4) is 0 Å². The van der Waals surface area contributed by atoms with E-state index in [1.807, 2.05) is 0 Å². The molecule has 5 atom stereocenters. The second-order valence-electron chi connectivity index (χ2n) is 29.6. The maximum atomic E-state index is 13.1. The van der Waals surface area contributed by atoms with E-state index < -0.39 is 97.5 Å². The second kappa shape index (κ2) is 73.9. The van der Waals surface area contributed by atoms with Crippen LogP contribution < -0.4 is 0 Å². The molecule has 0 amide bonds. The minimum absolute atomic E-state index is 0.108. The molecule has 0 fully saturated rings. The van der Waals surface area contributed by atoms with Gasteiger partial charge in [-0.3, -0.25) is 37.3 Å². The molecular formula is C81H158O17P2. The SMILES string of the molecule is CCCCCCCCCCCCCCCCCCCC(=O)OC[C@H](COP(=O)(O)OC[C@@H](O)COP(=O)(O)OC[C@@H](COC(=O)CCCCCCCCCCCCCC)OC(=O)CCCCCCCCCCCCCCC)OC(=O)CCCCCCCCCCCCCCCCCC(C)C. The number of ether oxygens (including phenoxy) is 4. The van der Waals surface area contributed by atoms with Gasteiger partial charge in [0.25, 0.3) is 0 Å². The highest BCUT2D eigenvalue weighted by atomic mass is 31.2. The number of carbonyl (C=O) groups excluding carboxylic acids is 4. The lowest BCUT2D eigenvalue weighted by atomic mass is 10.0. The van der Waals surface area contributed by atoms with Crippen molar-refractivity contribution < 1.29 is 80.2 Å². The van der Waals surface area contributed by atoms with Gasteiger partial charge in [0.1, 0.15) is 19.3 Å². The summed E-state index contributed by atoms with van der Waals surface area (Å²) in [5, 5.41) is 10.6. The van der Waals surface area contributed by atoms with Crippen molar-refractivity contribution in [3.63, 3.8) is 0 Å². The zero-order chi connectivity index (χ0) is 73.4. The lowest BCUT2D eigenvalue weighted by Crippen LogP contribution is -2.30. The number of esters is 4. The summed E-state index contributed by atoms with van der Waals surface area (Å²) in [6.45, 7) is 7.37. The molecule has 0 saturated heterocycles. The Bertz CT molecular complexity index is 1910. The third kappa shape index (κ3) is 74.3. The molecule has 0 spiro atoms. The van der Waals surface area contributed by atoms with Gasteiger partial charge >= 0.3 is 39.5 Å². The Morgan fingerprint density at radius 1 is 0.270 bits per heavy atom. The number of phosphoric acid groups is 2. The van der Waals surface area contributed by atoms with Gasteiger partial charge in [-0.15, -0.1) is 0 Å². The normalized spacial score (nSPS) is 13.8. The van der Waals surface area contributed by atoms with E-state index in [0.29, 0.717) is 25.7 Å². The standard InChI is InChI=1S/C81H158O17P2/c1-6-9-12-15-18-21-24-27-28-29-32-36-40-45-50-55-60-65-79(84)92-71-77(98-81(86)67-62-57-52-47-42-37-33-30-31-35-38-43-48-53-58-63-74(4)5)73-96-100(89,90)94-69-75(82)68-93-99(87,88)95-72-76(70-91-78(83)64-59-54-49-44-39-26-23-20-17-14-11-8-3)97-80(85)66-61-56-51-46-41-34-25-22-19-16-13-10-7-2/h74-77,82H,6-73H2,1-5H3,(H,87,88)(H,89,90)/t75-,76+,77+/m0/s1. The summed E-state index contributed by atoms with van der Waals surface area (Å²) in [6.07, 6.45) is 65.0. The molecule has 0 radical (unpaired) electrons. The summed E-state index contributed by atoms with van der Waals surface area (Å²) in [4.78, 5) is 73.0. The van der Waals surface area contributed by atoms with Crippen LogP contribution in [0.5, 0.6) is 0 Å². The number of hydrogen-bond donors (Lipinski definition) is 3. The third-order valence-electron chi connectivity index (χ3n) is 19.0. The quantitative estimate of drug-likeness (QED) is 0.0222. The molecule has 0 aliphatic rings. The zero-order valence-electron chi connectivity index (χ0n) is 65.3. The highest BCUT2D eigenvalue weighted by Gasteiger charge is 2.30. The molecule has 0 saturated carbocycles. The molecule has 0 rings (SSSR count). The zero-order valence-corrected chi connectivity index (χ0v) is 67.1. The van der Waals surface area contributed by atoms with Gasteiger partial charge in [-0.05, 0) is 31.6 Å². The van der Waals surface area contributed by atoms with Crippen molar-refractivity contribution in [1.29, 1.82) is 0 Å². The van der Waals surface area contributed by atoms with Gasteiger partial charge in [0.05, 0.1) is 26.4 Å². The minimum atomic E-state index is -4.96. The van der Waals surface area contributed by atoms with Gasteiger partial charge in [0.15, 0.2) is 12.2 Å². The first-order valence-electron chi connectivity index (χ1n) is 42.1. The lowest BCUT2D eigenvalue weighted by Gasteiger charge is -2.21. The Hall–Kier alpha value is -1.94. The van der Waals surface area contributed by atoms with Crippen LogP contribution in [0.2, 0.25) is 0 Å². The maximum absolute atomic E-state index is 13.1. The van der Waals surface area contributed by atoms with E-state index in [4.69, 9.17) is 37.0 Å². The molecular weight excluding hydrogens is 1310 g/mol. The van der Waals surface area contributed by atoms with Crippen LogP contribution in [0.25, 0.3) is 0 Å². The maximum Gasteiger partial charge on any atom is 0.472 e. The number of unbranched alkanes of at least 4 members (excludes halogenated alkanes) is 53. The number of carbonyl (C=O) groups is 4. The van der Waals surface area contributed by atoms with Crippen LogP contribution >= 0.6 is 15.6 Å². The summed E-state index contributed by atoms with van der Waals surface area (Å²) < 4.78 is 68.7. The molecule has 2 unspecified atom stereocenters. The van der Waals surface area contributed by atoms with Gasteiger partial charge in [0.2, 0.25) is 0 Å². The Labute approximate surface area is 613 Å². The monoisotopic (exact) mass is 1470 g/mol. The average molecular weight is 1470 g/mol. The topological polar surface area (TPSA) is 237 Å². The second-order valence-corrected chi connectivity index (χ2v) is 32.5. The number of aliphatic hydroxyl groups excluding tert-OH is 1. The molecule has 0 heterocycles. The third-order valence-corrected chi connectivity index (χ3v) is 20.9. The molecule has 594 valence electrons. The predicted molar refractivity (Wildman–Crippen MR) is 409 cm³/mol. The predicted octanol–water partition coefficient (Wildman–Crippen LogP) is 24.4. The number of aliphatic hydroxyl groups is 1. The summed E-state index contributed by atoms with van der Waals surface area (Å²) in [7, 11) is -9.92. The van der Waals surface area contributed by atoms with E-state index in [1.54, 1.807) is 0 Å². The van der Waals surface area contributed by atoms with Gasteiger partial charge in [-0.1, -0.05) is 381 Å². The molecule has 19 heteroatoms. The van der Waals surface area contributed by atoms with Gasteiger partial charge < -0.3 is 33.8 Å². The summed E-state index contributed by atoms with van der Waals surface area (Å²) in [6, 6.07) is 0. The first-order valence-corrected chi connectivity index (χ1v) is 45.1. The lowest BCUT2D eigenvalue weighted by molar-refractivity contribution is -0.161. The van der Waals surface area contributed by atoms with Crippen LogP contribution in [-0.2, 0) is 65.4 Å². The molecule has 100 heavy (non-hydrogen) atoms. The fourth-order valence-corrected chi connectivity index (χ4v) is 14.2. The van der Waals surface area contributed by atoms with E-state index in [1.165, 1.54) is 257 Å². The van der Waals surface area contributed by atoms with E-state index in [9.17, 15) is 43.2 Å². The van der Waals surface area contributed by atoms with Crippen LogP contribution in [-0.4, -0.2) is 96.7 Å². The fraction of sp³-hybridized carbons (Fsp3) is 0.951. The van der Waals surface area contributed by atoms with E-state index in [-0.39, 0.29) is 25.7 Å². The van der Waals surface area contributed by atoms with Crippen molar-refractivity contribution in [2.24, 2.45) is 5.92 Å². The van der Waals surface area contributed by atoms with Crippen molar-refractivity contribution in [2.75, 3.05) is 39.6 Å². The van der Waals surface area contributed by atoms with Crippen LogP contribution in [0, 0.1) is 5.92 Å². The molecule has 17 nitrogen and oxygen atoms in total. The Morgan fingerprint density at radius 2 is 0.460 bits per heavy atom. The Kier molecular flexibility index (Phi) is 72.5. The Morgan fingerprint density at radius 3 is 0.680 bits per heavy atom. The van der Waals surface area contributed by atoms with Crippen molar-refractivity contribution in [3.8, 4) is 0 Å². The minimum Gasteiger partial charge on any atom is -0.462 e. The number of hydrogen-bond acceptors (Lipinski definition) is 15. The smallest absolute Gasteiger partial charge is 0.462 e. The summed E-state index contributed by atoms with van der Waals surface area (Å²) in [5.41, 5.74) is 0. The van der Waals surface area contributed by atoms with Gasteiger partial charge in [0, 0.05) is 25.7 Å². The van der Waals surface area contributed by atoms with Crippen molar-refractivity contribution in [2.45, 2.75) is 451 Å². The van der Waals surface area contributed by atoms with Crippen molar-refractivity contribution >= 4 is 39.5 Å². The van der Waals surface area contributed by atoms with Crippen LogP contribution in [0.1, 0.15) is 433 Å². The first kappa shape index (κ1) is 98.1. The molecule has 0 bridgehead atoms. The molecule has 3 N–H and O–H groups in total. The molecule has 0 aliphatic carbocycles. The highest BCUT2D eigenvalue weighted by molar-refractivity contribution is 7.47. The first-order chi connectivity index (χ1) is 48.5. The number of rotatable bonds is 81. The Balaban J connectivity index is 5.25. The molecule has 0 aromatic rings. The van der Waals surface area contributed by atoms with E-state index in [2.05, 4.69) is 34.6 Å². The highest BCUT2D eigenvalue weighted by Crippen LogP contribution is 2.45. The van der Waals surface area contributed by atoms with Crippen LogP contribution in [0.15, 0.2) is 0 Å². The van der Waals surface area contributed by atoms with Crippen molar-refractivity contribution in [3.05, 3.63) is 0 Å². The van der Waals surface area contributed by atoms with E-state index in [0.717, 1.165) is 95.8 Å². The molecule has 0 aromatic heterocycles. The van der Waals surface area contributed by atoms with E-state index >= 15 is 0 Å². The van der Waals surface area contributed by atoms with Crippen molar-refractivity contribution in [1.82, 2.24) is 0 Å². The average Bonchev–Trinajstić information content (AvgIpc) is 0.937. The van der Waals surface area contributed by atoms with Gasteiger partial charge in [-0.2, -0.15) is 0 Å².